The van der Waals surface area contributed by atoms with E-state index < -0.39 is 5.54 Å². The summed E-state index contributed by atoms with van der Waals surface area (Å²) in [4.78, 5) is 15.6. The van der Waals surface area contributed by atoms with Crippen molar-refractivity contribution in [3.63, 3.8) is 0 Å². The minimum atomic E-state index is -0.391. The van der Waals surface area contributed by atoms with Crippen molar-refractivity contribution in [3.8, 4) is 5.75 Å². The van der Waals surface area contributed by atoms with Crippen LogP contribution in [0.1, 0.15) is 40.9 Å². The van der Waals surface area contributed by atoms with Gasteiger partial charge in [-0.2, -0.15) is 0 Å². The Morgan fingerprint density at radius 2 is 1.52 bits per heavy atom. The molecule has 3 aromatic rings. The smallest absolute Gasteiger partial charge is 0.255 e. The minimum Gasteiger partial charge on any atom is -0.497 e. The fraction of sp³-hybridized carbons (Fsp3) is 0.269. The molecular weight excluding hydrogens is 358 g/mol. The maximum absolute atomic E-state index is 13.5. The number of hydrogen-bond donors (Lipinski definition) is 0. The summed E-state index contributed by atoms with van der Waals surface area (Å²) >= 11 is 0. The zero-order valence-corrected chi connectivity index (χ0v) is 17.3. The highest BCUT2D eigenvalue weighted by Crippen LogP contribution is 2.47. The van der Waals surface area contributed by atoms with Gasteiger partial charge in [-0.1, -0.05) is 74.5 Å². The SMILES string of the molecule is COc1ccc(C[C@]2(C(C)C)c3ccccc3C(=O)N2Cc2ccccc2)cc1. The summed E-state index contributed by atoms with van der Waals surface area (Å²) in [6.07, 6.45) is 0.768. The van der Waals surface area contributed by atoms with Crippen molar-refractivity contribution < 1.29 is 9.53 Å². The largest absolute Gasteiger partial charge is 0.497 e. The van der Waals surface area contributed by atoms with Crippen LogP contribution >= 0.6 is 0 Å². The standard InChI is InChI=1S/C26H27NO2/c1-19(2)26(17-20-13-15-22(29-3)16-14-20)24-12-8-7-11-23(24)25(28)27(26)18-21-9-5-4-6-10-21/h4-16,19H,17-18H2,1-3H3/t26-/m0/s1. The molecule has 29 heavy (non-hydrogen) atoms. The number of carbonyl (C=O) groups is 1. The van der Waals surface area contributed by atoms with Crippen LogP contribution in [0.5, 0.6) is 5.75 Å². The number of benzene rings is 3. The van der Waals surface area contributed by atoms with Gasteiger partial charge in [0.1, 0.15) is 5.75 Å². The van der Waals surface area contributed by atoms with Gasteiger partial charge in [-0.15, -0.1) is 0 Å². The molecule has 0 aromatic heterocycles. The molecule has 0 saturated heterocycles. The van der Waals surface area contributed by atoms with Crippen molar-refractivity contribution in [1.82, 2.24) is 4.90 Å². The highest BCUT2D eigenvalue weighted by atomic mass is 16.5. The molecule has 0 aliphatic carbocycles. The number of hydrogen-bond acceptors (Lipinski definition) is 2. The van der Waals surface area contributed by atoms with Crippen LogP contribution in [0, 0.1) is 5.92 Å². The third-order valence-electron chi connectivity index (χ3n) is 6.12. The van der Waals surface area contributed by atoms with Crippen LogP contribution < -0.4 is 4.74 Å². The second-order valence-corrected chi connectivity index (χ2v) is 8.03. The van der Waals surface area contributed by atoms with E-state index in [-0.39, 0.29) is 11.8 Å². The zero-order valence-electron chi connectivity index (χ0n) is 17.3. The van der Waals surface area contributed by atoms with Gasteiger partial charge in [-0.3, -0.25) is 4.79 Å². The van der Waals surface area contributed by atoms with Gasteiger partial charge in [-0.25, -0.2) is 0 Å². The van der Waals surface area contributed by atoms with E-state index in [4.69, 9.17) is 4.74 Å². The summed E-state index contributed by atoms with van der Waals surface area (Å²) < 4.78 is 5.32. The molecule has 0 spiro atoms. The summed E-state index contributed by atoms with van der Waals surface area (Å²) in [6, 6.07) is 26.6. The molecule has 0 bridgehead atoms. The van der Waals surface area contributed by atoms with Gasteiger partial charge < -0.3 is 9.64 Å². The van der Waals surface area contributed by atoms with E-state index in [1.165, 1.54) is 5.56 Å². The highest BCUT2D eigenvalue weighted by molar-refractivity contribution is 6.00. The Labute approximate surface area is 172 Å². The second-order valence-electron chi connectivity index (χ2n) is 8.03. The van der Waals surface area contributed by atoms with Crippen LogP contribution in [0.15, 0.2) is 78.9 Å². The molecule has 0 radical (unpaired) electrons. The second kappa shape index (κ2) is 7.75. The molecule has 3 aromatic carbocycles. The first-order chi connectivity index (χ1) is 14.1. The molecule has 1 aliphatic heterocycles. The highest BCUT2D eigenvalue weighted by Gasteiger charge is 2.51. The van der Waals surface area contributed by atoms with Crippen molar-refractivity contribution in [2.24, 2.45) is 5.92 Å². The number of carbonyl (C=O) groups excluding carboxylic acids is 1. The first kappa shape index (κ1) is 19.3. The Balaban J connectivity index is 1.82. The molecule has 0 unspecified atom stereocenters. The Kier molecular flexibility index (Phi) is 5.14. The first-order valence-electron chi connectivity index (χ1n) is 10.1. The monoisotopic (exact) mass is 385 g/mol. The molecule has 1 atom stereocenters. The van der Waals surface area contributed by atoms with Gasteiger partial charge in [-0.05, 0) is 40.8 Å². The number of ether oxygens (including phenoxy) is 1. The maximum Gasteiger partial charge on any atom is 0.255 e. The molecular formula is C26H27NO2. The van der Waals surface area contributed by atoms with E-state index in [2.05, 4.69) is 49.1 Å². The van der Waals surface area contributed by atoms with Crippen LogP contribution in [0.3, 0.4) is 0 Å². The molecule has 0 saturated carbocycles. The third-order valence-corrected chi connectivity index (χ3v) is 6.12. The molecule has 3 nitrogen and oxygen atoms in total. The fourth-order valence-corrected chi connectivity index (χ4v) is 4.57. The fourth-order valence-electron chi connectivity index (χ4n) is 4.57. The zero-order chi connectivity index (χ0) is 20.4. The van der Waals surface area contributed by atoms with Crippen LogP contribution in [-0.4, -0.2) is 17.9 Å². The Bertz CT molecular complexity index is 995. The number of nitrogens with zero attached hydrogens (tertiary/aromatic N) is 1. The van der Waals surface area contributed by atoms with Gasteiger partial charge in [0.2, 0.25) is 0 Å². The van der Waals surface area contributed by atoms with E-state index >= 15 is 0 Å². The number of fused-ring (bicyclic) bond motifs is 1. The van der Waals surface area contributed by atoms with E-state index in [0.29, 0.717) is 6.54 Å². The third kappa shape index (κ3) is 3.31. The summed E-state index contributed by atoms with van der Waals surface area (Å²) in [7, 11) is 1.68. The van der Waals surface area contributed by atoms with Crippen molar-refractivity contribution in [1.29, 1.82) is 0 Å². The van der Waals surface area contributed by atoms with Crippen LogP contribution in [0.2, 0.25) is 0 Å². The van der Waals surface area contributed by atoms with E-state index in [1.807, 2.05) is 48.5 Å². The lowest BCUT2D eigenvalue weighted by molar-refractivity contribution is 0.0353. The van der Waals surface area contributed by atoms with Crippen molar-refractivity contribution in [3.05, 3.63) is 101 Å². The lowest BCUT2D eigenvalue weighted by Gasteiger charge is -2.43. The summed E-state index contributed by atoms with van der Waals surface area (Å²) in [5, 5.41) is 0. The number of rotatable bonds is 6. The van der Waals surface area contributed by atoms with Gasteiger partial charge >= 0.3 is 0 Å². The van der Waals surface area contributed by atoms with Gasteiger partial charge in [0.15, 0.2) is 0 Å². The summed E-state index contributed by atoms with van der Waals surface area (Å²) in [5.74, 6) is 1.21. The molecule has 148 valence electrons. The van der Waals surface area contributed by atoms with E-state index in [1.54, 1.807) is 7.11 Å². The van der Waals surface area contributed by atoms with Crippen molar-refractivity contribution in [2.75, 3.05) is 7.11 Å². The van der Waals surface area contributed by atoms with Crippen molar-refractivity contribution in [2.45, 2.75) is 32.4 Å². The molecule has 3 heteroatoms. The summed E-state index contributed by atoms with van der Waals surface area (Å²) in [5.41, 5.74) is 3.91. The quantitative estimate of drug-likeness (QED) is 0.565. The van der Waals surface area contributed by atoms with Gasteiger partial charge in [0.05, 0.1) is 12.6 Å². The number of amides is 1. The maximum atomic E-state index is 13.5. The predicted molar refractivity (Wildman–Crippen MR) is 116 cm³/mol. The van der Waals surface area contributed by atoms with Crippen LogP contribution in [0.4, 0.5) is 0 Å². The molecule has 1 amide bonds. The number of methoxy groups -OCH3 is 1. The van der Waals surface area contributed by atoms with Gasteiger partial charge in [0, 0.05) is 18.5 Å². The molecule has 4 rings (SSSR count). The minimum absolute atomic E-state index is 0.117. The topological polar surface area (TPSA) is 29.5 Å². The lowest BCUT2D eigenvalue weighted by Crippen LogP contribution is -2.48. The van der Waals surface area contributed by atoms with Crippen LogP contribution in [0.25, 0.3) is 0 Å². The molecule has 1 aliphatic rings. The molecule has 0 N–H and O–H groups in total. The van der Waals surface area contributed by atoms with Crippen LogP contribution in [-0.2, 0) is 18.5 Å². The summed E-state index contributed by atoms with van der Waals surface area (Å²) in [6.45, 7) is 5.04. The Hall–Kier alpha value is -3.07. The lowest BCUT2D eigenvalue weighted by atomic mass is 9.75. The van der Waals surface area contributed by atoms with Crippen molar-refractivity contribution >= 4 is 5.91 Å². The average molecular weight is 386 g/mol. The molecule has 1 heterocycles. The Morgan fingerprint density at radius 1 is 0.862 bits per heavy atom. The van der Waals surface area contributed by atoms with E-state index in [0.717, 1.165) is 28.9 Å². The average Bonchev–Trinajstić information content (AvgIpc) is 2.99. The first-order valence-corrected chi connectivity index (χ1v) is 10.1. The predicted octanol–water partition coefficient (Wildman–Crippen LogP) is 5.45. The van der Waals surface area contributed by atoms with E-state index in [9.17, 15) is 4.79 Å². The normalized spacial score (nSPS) is 18.2. The Morgan fingerprint density at radius 3 is 2.17 bits per heavy atom. The van der Waals surface area contributed by atoms with Gasteiger partial charge in [0.25, 0.3) is 5.91 Å². The molecule has 0 fully saturated rings.